The first-order valence-electron chi connectivity index (χ1n) is 8.21. The van der Waals surface area contributed by atoms with Gasteiger partial charge in [-0.2, -0.15) is 0 Å². The van der Waals surface area contributed by atoms with Crippen molar-refractivity contribution in [2.75, 3.05) is 6.54 Å². The van der Waals surface area contributed by atoms with Crippen LogP contribution >= 0.6 is 0 Å². The van der Waals surface area contributed by atoms with Crippen LogP contribution in [0.1, 0.15) is 52.4 Å². The highest BCUT2D eigenvalue weighted by atomic mass is 16.2. The zero-order valence-electron chi connectivity index (χ0n) is 12.6. The van der Waals surface area contributed by atoms with Crippen LogP contribution in [0.3, 0.4) is 0 Å². The SMILES string of the molecule is CCCC1NC(=O)C(C)N(CC2CC3CCC2C3)C1=O. The number of nitrogens with zero attached hydrogens (tertiary/aromatic N) is 1. The molecule has 3 fully saturated rings. The average molecular weight is 278 g/mol. The van der Waals surface area contributed by atoms with Gasteiger partial charge in [-0.1, -0.05) is 19.8 Å². The number of fused-ring (bicyclic) bond motifs is 2. The van der Waals surface area contributed by atoms with Crippen molar-refractivity contribution in [2.45, 2.75) is 64.5 Å². The summed E-state index contributed by atoms with van der Waals surface area (Å²) in [6, 6.07) is -0.586. The van der Waals surface area contributed by atoms with E-state index in [0.717, 1.165) is 31.2 Å². The second-order valence-electron chi connectivity index (χ2n) is 6.95. The monoisotopic (exact) mass is 278 g/mol. The number of piperazine rings is 1. The molecule has 2 aliphatic carbocycles. The zero-order chi connectivity index (χ0) is 14.3. The van der Waals surface area contributed by atoms with E-state index in [1.54, 1.807) is 0 Å². The molecule has 2 saturated carbocycles. The van der Waals surface area contributed by atoms with E-state index in [2.05, 4.69) is 12.2 Å². The molecule has 0 radical (unpaired) electrons. The van der Waals surface area contributed by atoms with Crippen LogP contribution in [0.2, 0.25) is 0 Å². The minimum Gasteiger partial charge on any atom is -0.343 e. The molecular weight excluding hydrogens is 252 g/mol. The molecule has 0 aromatic carbocycles. The molecule has 4 nitrogen and oxygen atoms in total. The molecular formula is C16H26N2O2. The number of hydrogen-bond donors (Lipinski definition) is 1. The van der Waals surface area contributed by atoms with Gasteiger partial charge in [-0.15, -0.1) is 0 Å². The fraction of sp³-hybridized carbons (Fsp3) is 0.875. The van der Waals surface area contributed by atoms with Crippen LogP contribution in [0.25, 0.3) is 0 Å². The Balaban J connectivity index is 1.69. The number of hydrogen-bond acceptors (Lipinski definition) is 2. The minimum absolute atomic E-state index is 0.0196. The summed E-state index contributed by atoms with van der Waals surface area (Å²) in [7, 11) is 0. The Morgan fingerprint density at radius 3 is 2.65 bits per heavy atom. The Bertz CT molecular complexity index is 409. The molecule has 0 aromatic rings. The smallest absolute Gasteiger partial charge is 0.245 e. The van der Waals surface area contributed by atoms with Gasteiger partial charge in [-0.05, 0) is 50.4 Å². The minimum atomic E-state index is -0.297. The number of amides is 2. The first-order valence-corrected chi connectivity index (χ1v) is 8.21. The topological polar surface area (TPSA) is 49.4 Å². The number of carbonyl (C=O) groups excluding carboxylic acids is 2. The lowest BCUT2D eigenvalue weighted by atomic mass is 9.87. The lowest BCUT2D eigenvalue weighted by Gasteiger charge is -2.40. The lowest BCUT2D eigenvalue weighted by molar-refractivity contribution is -0.149. The maximum atomic E-state index is 12.6. The van der Waals surface area contributed by atoms with Gasteiger partial charge in [0.1, 0.15) is 12.1 Å². The normalized spacial score (nSPS) is 40.3. The molecule has 20 heavy (non-hydrogen) atoms. The number of nitrogens with one attached hydrogen (secondary N) is 1. The van der Waals surface area contributed by atoms with Crippen LogP contribution in [0.4, 0.5) is 0 Å². The summed E-state index contributed by atoms with van der Waals surface area (Å²) in [4.78, 5) is 26.5. The van der Waals surface area contributed by atoms with Gasteiger partial charge in [-0.25, -0.2) is 0 Å². The molecule has 2 amide bonds. The van der Waals surface area contributed by atoms with Crippen molar-refractivity contribution in [1.29, 1.82) is 0 Å². The maximum absolute atomic E-state index is 12.6. The Labute approximate surface area is 121 Å². The van der Waals surface area contributed by atoms with E-state index in [1.807, 2.05) is 11.8 Å². The molecule has 1 N–H and O–H groups in total. The average Bonchev–Trinajstić information content (AvgIpc) is 3.03. The summed E-state index contributed by atoms with van der Waals surface area (Å²) in [5, 5.41) is 2.88. The van der Waals surface area contributed by atoms with Crippen molar-refractivity contribution in [2.24, 2.45) is 17.8 Å². The Kier molecular flexibility index (Phi) is 3.74. The summed E-state index contributed by atoms with van der Waals surface area (Å²) < 4.78 is 0. The quantitative estimate of drug-likeness (QED) is 0.854. The molecule has 0 spiro atoms. The molecule has 2 bridgehead atoms. The van der Waals surface area contributed by atoms with Crippen molar-refractivity contribution in [3.8, 4) is 0 Å². The van der Waals surface area contributed by atoms with Crippen LogP contribution in [0.15, 0.2) is 0 Å². The molecule has 1 heterocycles. The van der Waals surface area contributed by atoms with Gasteiger partial charge in [0.15, 0.2) is 0 Å². The van der Waals surface area contributed by atoms with Crippen LogP contribution in [-0.4, -0.2) is 35.3 Å². The highest BCUT2D eigenvalue weighted by Crippen LogP contribution is 2.48. The van der Waals surface area contributed by atoms with E-state index in [4.69, 9.17) is 0 Å². The zero-order valence-corrected chi connectivity index (χ0v) is 12.6. The predicted octanol–water partition coefficient (Wildman–Crippen LogP) is 1.94. The van der Waals surface area contributed by atoms with Crippen molar-refractivity contribution in [1.82, 2.24) is 10.2 Å². The standard InChI is InChI=1S/C16H26N2O2/c1-3-4-14-16(20)18(10(2)15(19)17-14)9-13-8-11-5-6-12(13)7-11/h10-14H,3-9H2,1-2H3,(H,17,19). The lowest BCUT2D eigenvalue weighted by Crippen LogP contribution is -2.63. The Hall–Kier alpha value is -1.06. The molecule has 5 unspecified atom stereocenters. The molecule has 5 atom stereocenters. The summed E-state index contributed by atoms with van der Waals surface area (Å²) in [6.07, 6.45) is 7.00. The van der Waals surface area contributed by atoms with E-state index in [1.165, 1.54) is 25.7 Å². The molecule has 3 rings (SSSR count). The molecule has 4 heteroatoms. The summed E-state index contributed by atoms with van der Waals surface area (Å²) in [5.74, 6) is 2.48. The van der Waals surface area contributed by atoms with E-state index in [0.29, 0.717) is 5.92 Å². The third-order valence-corrected chi connectivity index (χ3v) is 5.64. The third kappa shape index (κ3) is 2.33. The van der Waals surface area contributed by atoms with E-state index in [-0.39, 0.29) is 23.9 Å². The molecule has 1 aliphatic heterocycles. The summed E-state index contributed by atoms with van der Waals surface area (Å²) in [5.41, 5.74) is 0. The number of carbonyl (C=O) groups is 2. The highest BCUT2D eigenvalue weighted by molar-refractivity contribution is 5.96. The van der Waals surface area contributed by atoms with E-state index < -0.39 is 0 Å². The van der Waals surface area contributed by atoms with Gasteiger partial charge in [0.05, 0.1) is 0 Å². The summed E-state index contributed by atoms with van der Waals surface area (Å²) in [6.45, 7) is 4.72. The van der Waals surface area contributed by atoms with Crippen molar-refractivity contribution in [3.63, 3.8) is 0 Å². The Morgan fingerprint density at radius 1 is 1.25 bits per heavy atom. The molecule has 3 aliphatic rings. The first-order chi connectivity index (χ1) is 9.60. The van der Waals surface area contributed by atoms with Gasteiger partial charge >= 0.3 is 0 Å². The van der Waals surface area contributed by atoms with Crippen LogP contribution in [0.5, 0.6) is 0 Å². The second kappa shape index (κ2) is 5.38. The largest absolute Gasteiger partial charge is 0.343 e. The van der Waals surface area contributed by atoms with Gasteiger partial charge in [-0.3, -0.25) is 9.59 Å². The van der Waals surface area contributed by atoms with Gasteiger partial charge in [0, 0.05) is 6.54 Å². The maximum Gasteiger partial charge on any atom is 0.245 e. The van der Waals surface area contributed by atoms with Crippen LogP contribution in [0, 0.1) is 17.8 Å². The van der Waals surface area contributed by atoms with E-state index in [9.17, 15) is 9.59 Å². The number of rotatable bonds is 4. The highest BCUT2D eigenvalue weighted by Gasteiger charge is 2.44. The summed E-state index contributed by atoms with van der Waals surface area (Å²) >= 11 is 0. The fourth-order valence-electron chi connectivity index (χ4n) is 4.47. The van der Waals surface area contributed by atoms with Crippen LogP contribution < -0.4 is 5.32 Å². The van der Waals surface area contributed by atoms with Gasteiger partial charge in [0.2, 0.25) is 11.8 Å². The molecule has 1 saturated heterocycles. The van der Waals surface area contributed by atoms with Gasteiger partial charge in [0.25, 0.3) is 0 Å². The van der Waals surface area contributed by atoms with Crippen LogP contribution in [-0.2, 0) is 9.59 Å². The second-order valence-corrected chi connectivity index (χ2v) is 6.95. The third-order valence-electron chi connectivity index (χ3n) is 5.64. The first kappa shape index (κ1) is 13.9. The predicted molar refractivity (Wildman–Crippen MR) is 77.0 cm³/mol. The Morgan fingerprint density at radius 2 is 2.05 bits per heavy atom. The van der Waals surface area contributed by atoms with Gasteiger partial charge < -0.3 is 10.2 Å². The fourth-order valence-corrected chi connectivity index (χ4v) is 4.47. The molecule has 0 aromatic heterocycles. The van der Waals surface area contributed by atoms with Crippen molar-refractivity contribution in [3.05, 3.63) is 0 Å². The van der Waals surface area contributed by atoms with Crippen molar-refractivity contribution < 1.29 is 9.59 Å². The van der Waals surface area contributed by atoms with E-state index >= 15 is 0 Å². The van der Waals surface area contributed by atoms with Crippen molar-refractivity contribution >= 4 is 11.8 Å². The molecule has 112 valence electrons.